The maximum atomic E-state index is 12.5. The minimum absolute atomic E-state index is 0.0931. The van der Waals surface area contributed by atoms with Crippen LogP contribution in [0.5, 0.6) is 0 Å². The first-order valence-electron chi connectivity index (χ1n) is 7.23. The van der Waals surface area contributed by atoms with E-state index in [1.165, 1.54) is 0 Å². The predicted octanol–water partition coefficient (Wildman–Crippen LogP) is 1.01. The van der Waals surface area contributed by atoms with Crippen molar-refractivity contribution in [3.8, 4) is 0 Å². The predicted molar refractivity (Wildman–Crippen MR) is 84.9 cm³/mol. The summed E-state index contributed by atoms with van der Waals surface area (Å²) in [5.74, 6) is 0.844. The normalized spacial score (nSPS) is 20.2. The number of carbonyl (C=O) groups is 1. The molecule has 2 aliphatic rings. The molecule has 1 N–H and O–H groups in total. The summed E-state index contributed by atoms with van der Waals surface area (Å²) < 4.78 is 0. The third-order valence-corrected chi connectivity index (χ3v) is 4.47. The number of amides is 1. The lowest BCUT2D eigenvalue weighted by Crippen LogP contribution is -2.52. The zero-order chi connectivity index (χ0) is 14.8. The Morgan fingerprint density at radius 1 is 1.33 bits per heavy atom. The van der Waals surface area contributed by atoms with Gasteiger partial charge in [0.05, 0.1) is 5.36 Å². The first kappa shape index (κ1) is 14.1. The number of para-hydroxylation sites is 1. The molecule has 2 aliphatic heterocycles. The molecule has 5 nitrogen and oxygen atoms in total. The van der Waals surface area contributed by atoms with Crippen LogP contribution in [0.3, 0.4) is 0 Å². The lowest BCUT2D eigenvalue weighted by molar-refractivity contribution is -0.116. The average Bonchev–Trinajstić information content (AvgIpc) is 2.51. The number of thioether (sulfide) groups is 1. The molecule has 1 unspecified atom stereocenters. The van der Waals surface area contributed by atoms with Crippen LogP contribution in [0.1, 0.15) is 26.7 Å². The molecule has 0 spiro atoms. The van der Waals surface area contributed by atoms with Crippen LogP contribution in [-0.2, 0) is 4.79 Å². The summed E-state index contributed by atoms with van der Waals surface area (Å²) in [6.07, 6.45) is 1.74. The van der Waals surface area contributed by atoms with Crippen LogP contribution < -0.4 is 15.9 Å². The molecular formula is C15H18N4OS. The zero-order valence-corrected chi connectivity index (χ0v) is 13.0. The second-order valence-corrected chi connectivity index (χ2v) is 6.02. The van der Waals surface area contributed by atoms with E-state index in [0.717, 1.165) is 29.2 Å². The molecule has 3 rings (SSSR count). The van der Waals surface area contributed by atoms with Gasteiger partial charge in [0, 0.05) is 11.0 Å². The molecule has 1 aromatic carbocycles. The number of hydrogen-bond acceptors (Lipinski definition) is 5. The summed E-state index contributed by atoms with van der Waals surface area (Å²) in [5.41, 5.74) is 0.605. The molecule has 0 bridgehead atoms. The largest absolute Gasteiger partial charge is 0.298 e. The molecule has 1 aromatic rings. The molecule has 1 atom stereocenters. The second kappa shape index (κ2) is 5.89. The Morgan fingerprint density at radius 3 is 2.90 bits per heavy atom. The van der Waals surface area contributed by atoms with Gasteiger partial charge in [0.1, 0.15) is 11.9 Å². The van der Waals surface area contributed by atoms with Crippen molar-refractivity contribution in [2.45, 2.75) is 32.9 Å². The Morgan fingerprint density at radius 2 is 2.14 bits per heavy atom. The molecule has 1 amide bonds. The minimum atomic E-state index is -0.113. The number of benzene rings is 1. The van der Waals surface area contributed by atoms with E-state index in [9.17, 15) is 4.79 Å². The van der Waals surface area contributed by atoms with Crippen molar-refractivity contribution in [3.05, 3.63) is 34.8 Å². The Labute approximate surface area is 127 Å². The van der Waals surface area contributed by atoms with Gasteiger partial charge in [-0.05, 0) is 18.9 Å². The molecule has 0 aliphatic carbocycles. The maximum absolute atomic E-state index is 12.5. The number of nitrogens with zero attached hydrogens (tertiary/aromatic N) is 3. The average molecular weight is 302 g/mol. The molecule has 0 aromatic heterocycles. The molecule has 0 saturated carbocycles. The molecule has 0 saturated heterocycles. The van der Waals surface area contributed by atoms with Gasteiger partial charge < -0.3 is 0 Å². The van der Waals surface area contributed by atoms with E-state index in [-0.39, 0.29) is 12.1 Å². The fraction of sp³-hybridized carbons (Fsp3) is 0.400. The summed E-state index contributed by atoms with van der Waals surface area (Å²) in [7, 11) is 0. The van der Waals surface area contributed by atoms with E-state index >= 15 is 0 Å². The zero-order valence-electron chi connectivity index (χ0n) is 12.2. The van der Waals surface area contributed by atoms with Gasteiger partial charge in [0.15, 0.2) is 5.17 Å². The number of hydrogen-bond donors (Lipinski definition) is 1. The van der Waals surface area contributed by atoms with Crippen LogP contribution in [0.4, 0.5) is 0 Å². The van der Waals surface area contributed by atoms with Crippen molar-refractivity contribution in [3.63, 3.8) is 0 Å². The minimum Gasteiger partial charge on any atom is -0.298 e. The number of amidine groups is 1. The fourth-order valence-electron chi connectivity index (χ4n) is 2.42. The van der Waals surface area contributed by atoms with Crippen LogP contribution in [0, 0.1) is 0 Å². The SMILES string of the molecule is CCCSC1=NN2C(=c3ccccc3=NC2CC)C(=O)N1. The summed E-state index contributed by atoms with van der Waals surface area (Å²) in [4.78, 5) is 17.2. The van der Waals surface area contributed by atoms with E-state index in [4.69, 9.17) is 4.99 Å². The van der Waals surface area contributed by atoms with Gasteiger partial charge in [-0.1, -0.05) is 43.8 Å². The lowest BCUT2D eigenvalue weighted by atomic mass is 10.1. The highest BCUT2D eigenvalue weighted by Crippen LogP contribution is 2.21. The number of fused-ring (bicyclic) bond motifs is 2. The van der Waals surface area contributed by atoms with Gasteiger partial charge in [-0.15, -0.1) is 5.10 Å². The van der Waals surface area contributed by atoms with E-state index in [0.29, 0.717) is 10.9 Å². The lowest BCUT2D eigenvalue weighted by Gasteiger charge is -2.33. The van der Waals surface area contributed by atoms with Crippen LogP contribution >= 0.6 is 11.8 Å². The quantitative estimate of drug-likeness (QED) is 0.906. The van der Waals surface area contributed by atoms with E-state index in [1.54, 1.807) is 16.8 Å². The first-order valence-corrected chi connectivity index (χ1v) is 8.22. The van der Waals surface area contributed by atoms with Gasteiger partial charge in [0.2, 0.25) is 0 Å². The number of carbonyl (C=O) groups excluding carboxylic acids is 1. The number of rotatable bonds is 3. The summed E-state index contributed by atoms with van der Waals surface area (Å²) in [6.45, 7) is 4.16. The van der Waals surface area contributed by atoms with Crippen molar-refractivity contribution in [2.24, 2.45) is 10.1 Å². The second-order valence-electron chi connectivity index (χ2n) is 4.94. The van der Waals surface area contributed by atoms with Crippen LogP contribution in [0.25, 0.3) is 5.70 Å². The van der Waals surface area contributed by atoms with Gasteiger partial charge in [-0.25, -0.2) is 5.01 Å². The van der Waals surface area contributed by atoms with Crippen LogP contribution in [-0.4, -0.2) is 28.0 Å². The van der Waals surface area contributed by atoms with Gasteiger partial charge in [-0.3, -0.25) is 15.1 Å². The summed E-state index contributed by atoms with van der Waals surface area (Å²) in [6, 6.07) is 7.73. The third-order valence-electron chi connectivity index (χ3n) is 3.40. The highest BCUT2D eigenvalue weighted by atomic mass is 32.2. The molecular weight excluding hydrogens is 284 g/mol. The van der Waals surface area contributed by atoms with Crippen LogP contribution in [0.15, 0.2) is 34.4 Å². The Bertz CT molecular complexity index is 713. The molecule has 110 valence electrons. The van der Waals surface area contributed by atoms with Gasteiger partial charge >= 0.3 is 0 Å². The number of nitrogens with one attached hydrogen (secondary N) is 1. The Hall–Kier alpha value is -1.82. The summed E-state index contributed by atoms with van der Waals surface area (Å²) >= 11 is 1.57. The van der Waals surface area contributed by atoms with E-state index in [1.807, 2.05) is 24.3 Å². The Kier molecular flexibility index (Phi) is 3.96. The van der Waals surface area contributed by atoms with Crippen molar-refractivity contribution in [1.82, 2.24) is 10.3 Å². The fourth-order valence-corrected chi connectivity index (χ4v) is 3.13. The topological polar surface area (TPSA) is 57.1 Å². The Balaban J connectivity index is 2.12. The van der Waals surface area contributed by atoms with Gasteiger partial charge in [0.25, 0.3) is 5.91 Å². The molecule has 2 heterocycles. The smallest absolute Gasteiger partial charge is 0.276 e. The van der Waals surface area contributed by atoms with Crippen molar-refractivity contribution in [2.75, 3.05) is 5.75 Å². The molecule has 6 heteroatoms. The third kappa shape index (κ3) is 2.55. The number of hydrazone groups is 1. The van der Waals surface area contributed by atoms with E-state index in [2.05, 4.69) is 24.3 Å². The monoisotopic (exact) mass is 302 g/mol. The van der Waals surface area contributed by atoms with Crippen molar-refractivity contribution >= 4 is 28.5 Å². The molecule has 0 radical (unpaired) electrons. The van der Waals surface area contributed by atoms with Gasteiger partial charge in [-0.2, -0.15) is 0 Å². The highest BCUT2D eigenvalue weighted by Gasteiger charge is 2.32. The molecule has 0 fully saturated rings. The summed E-state index contributed by atoms with van der Waals surface area (Å²) in [5, 5.41) is 11.6. The van der Waals surface area contributed by atoms with Crippen molar-refractivity contribution in [1.29, 1.82) is 0 Å². The molecule has 21 heavy (non-hydrogen) atoms. The first-order chi connectivity index (χ1) is 10.2. The van der Waals surface area contributed by atoms with Crippen LogP contribution in [0.2, 0.25) is 0 Å². The standard InChI is InChI=1S/C15H18N4OS/c1-3-9-21-15-17-14(20)13-10-7-5-6-8-11(10)16-12(4-2)19(13)18-15/h5-8,12H,3-4,9H2,1-2H3,(H,17,18,20). The van der Waals surface area contributed by atoms with Crippen molar-refractivity contribution < 1.29 is 4.79 Å². The maximum Gasteiger partial charge on any atom is 0.276 e. The highest BCUT2D eigenvalue weighted by molar-refractivity contribution is 8.13. The van der Waals surface area contributed by atoms with E-state index < -0.39 is 0 Å².